The van der Waals surface area contributed by atoms with Gasteiger partial charge in [-0.05, 0) is 36.4 Å². The summed E-state index contributed by atoms with van der Waals surface area (Å²) in [5, 5.41) is 4.98. The van der Waals surface area contributed by atoms with Crippen molar-refractivity contribution in [3.63, 3.8) is 0 Å². The monoisotopic (exact) mass is 495 g/mol. The van der Waals surface area contributed by atoms with Gasteiger partial charge in [-0.15, -0.1) is 5.10 Å². The first-order chi connectivity index (χ1) is 17.5. The van der Waals surface area contributed by atoms with Gasteiger partial charge in [-0.3, -0.25) is 4.90 Å². The number of fused-ring (bicyclic) bond motifs is 1. The van der Waals surface area contributed by atoms with Crippen LogP contribution in [0.25, 0.3) is 28.0 Å². The maximum absolute atomic E-state index is 15.0. The van der Waals surface area contributed by atoms with E-state index in [0.717, 1.165) is 25.7 Å². The molecule has 2 N–H and O–H groups in total. The zero-order chi connectivity index (χ0) is 25.2. The van der Waals surface area contributed by atoms with Crippen LogP contribution >= 0.6 is 0 Å². The highest BCUT2D eigenvalue weighted by atomic mass is 19.2. The fraction of sp³-hybridized carbons (Fsp3) is 0.320. The lowest BCUT2D eigenvalue weighted by Crippen LogP contribution is -2.47. The molecule has 36 heavy (non-hydrogen) atoms. The Kier molecular flexibility index (Phi) is 6.66. The number of nitrogens with zero attached hydrogens (tertiary/aromatic N) is 6. The van der Waals surface area contributed by atoms with Crippen molar-refractivity contribution in [1.29, 1.82) is 0 Å². The van der Waals surface area contributed by atoms with Gasteiger partial charge in [0.1, 0.15) is 11.6 Å². The Labute approximate surface area is 207 Å². The van der Waals surface area contributed by atoms with Crippen molar-refractivity contribution in [1.82, 2.24) is 24.6 Å². The summed E-state index contributed by atoms with van der Waals surface area (Å²) in [4.78, 5) is 13.7. The number of hydrogen-bond donors (Lipinski definition) is 1. The molecule has 4 aromatic rings. The highest BCUT2D eigenvalue weighted by Crippen LogP contribution is 2.35. The van der Waals surface area contributed by atoms with Gasteiger partial charge in [0.2, 0.25) is 5.95 Å². The Morgan fingerprint density at radius 1 is 0.972 bits per heavy atom. The van der Waals surface area contributed by atoms with Crippen molar-refractivity contribution in [2.24, 2.45) is 0 Å². The number of rotatable bonds is 7. The van der Waals surface area contributed by atoms with Gasteiger partial charge in [0.05, 0.1) is 30.5 Å². The summed E-state index contributed by atoms with van der Waals surface area (Å²) >= 11 is 0. The van der Waals surface area contributed by atoms with E-state index in [4.69, 9.17) is 20.2 Å². The zero-order valence-electron chi connectivity index (χ0n) is 20.1. The van der Waals surface area contributed by atoms with Crippen molar-refractivity contribution >= 4 is 22.8 Å². The molecule has 0 saturated carbocycles. The second kappa shape index (κ2) is 10.0. The van der Waals surface area contributed by atoms with Gasteiger partial charge >= 0.3 is 0 Å². The summed E-state index contributed by atoms with van der Waals surface area (Å²) in [6.07, 6.45) is 0. The van der Waals surface area contributed by atoms with E-state index < -0.39 is 11.6 Å². The second-order valence-corrected chi connectivity index (χ2v) is 8.49. The molecular formula is C25H27F2N7O2. The van der Waals surface area contributed by atoms with Gasteiger partial charge in [-0.25, -0.2) is 18.4 Å². The normalized spacial score (nSPS) is 14.5. The topological polar surface area (TPSA) is 94.6 Å². The standard InChI is InChI=1S/C25H27F2N7O2/c1-35-15-14-32-10-12-33(13-11-32)25-29-22(18-4-3-5-19(26)21(18)27)20-23(28)34(31-24(20)30-25)16-6-8-17(36-2)9-7-16/h3-9H,10-15,28H2,1-2H3. The third kappa shape index (κ3) is 4.42. The summed E-state index contributed by atoms with van der Waals surface area (Å²) in [6.45, 7) is 4.46. The summed E-state index contributed by atoms with van der Waals surface area (Å²) in [6, 6.07) is 11.2. The van der Waals surface area contributed by atoms with Crippen LogP contribution in [0.1, 0.15) is 0 Å². The highest BCUT2D eigenvalue weighted by molar-refractivity contribution is 5.99. The van der Waals surface area contributed by atoms with Crippen LogP contribution in [-0.4, -0.2) is 78.2 Å². The summed E-state index contributed by atoms with van der Waals surface area (Å²) in [7, 11) is 3.27. The molecule has 1 fully saturated rings. The summed E-state index contributed by atoms with van der Waals surface area (Å²) < 4.78 is 41.1. The lowest BCUT2D eigenvalue weighted by Gasteiger charge is -2.34. The number of benzene rings is 2. The van der Waals surface area contributed by atoms with E-state index in [1.165, 1.54) is 16.8 Å². The minimum absolute atomic E-state index is 0.00311. The van der Waals surface area contributed by atoms with E-state index in [0.29, 0.717) is 48.1 Å². The molecule has 2 aromatic carbocycles. The quantitative estimate of drug-likeness (QED) is 0.418. The van der Waals surface area contributed by atoms with Crippen molar-refractivity contribution in [3.8, 4) is 22.7 Å². The number of halogens is 2. The molecule has 188 valence electrons. The molecule has 5 rings (SSSR count). The third-order valence-corrected chi connectivity index (χ3v) is 6.35. The van der Waals surface area contributed by atoms with Crippen LogP contribution in [0.15, 0.2) is 42.5 Å². The first-order valence-electron chi connectivity index (χ1n) is 11.6. The Morgan fingerprint density at radius 3 is 2.42 bits per heavy atom. The van der Waals surface area contributed by atoms with Gasteiger partial charge < -0.3 is 20.1 Å². The molecule has 0 bridgehead atoms. The average molecular weight is 496 g/mol. The molecule has 0 unspecified atom stereocenters. The van der Waals surface area contributed by atoms with Gasteiger partial charge in [0.25, 0.3) is 0 Å². The lowest BCUT2D eigenvalue weighted by molar-refractivity contribution is 0.144. The van der Waals surface area contributed by atoms with Crippen LogP contribution in [0, 0.1) is 11.6 Å². The van der Waals surface area contributed by atoms with Gasteiger partial charge in [0.15, 0.2) is 17.3 Å². The summed E-state index contributed by atoms with van der Waals surface area (Å²) in [5.74, 6) is -0.655. The van der Waals surface area contributed by atoms with E-state index in [2.05, 4.69) is 15.0 Å². The van der Waals surface area contributed by atoms with Gasteiger partial charge in [0, 0.05) is 45.4 Å². The van der Waals surface area contributed by atoms with Crippen molar-refractivity contribution in [2.75, 3.05) is 64.2 Å². The molecule has 9 nitrogen and oxygen atoms in total. The number of methoxy groups -OCH3 is 2. The van der Waals surface area contributed by atoms with Crippen LogP contribution in [0.2, 0.25) is 0 Å². The molecule has 0 aliphatic carbocycles. The highest BCUT2D eigenvalue weighted by Gasteiger charge is 2.25. The molecule has 1 aliphatic heterocycles. The fourth-order valence-corrected chi connectivity index (χ4v) is 4.34. The van der Waals surface area contributed by atoms with E-state index in [1.54, 1.807) is 38.5 Å². The Bertz CT molecular complexity index is 1370. The maximum Gasteiger partial charge on any atom is 0.228 e. The number of hydrogen-bond acceptors (Lipinski definition) is 8. The van der Waals surface area contributed by atoms with Crippen LogP contribution < -0.4 is 15.4 Å². The van der Waals surface area contributed by atoms with Crippen molar-refractivity contribution in [3.05, 3.63) is 54.1 Å². The number of nitrogens with two attached hydrogens (primary N) is 1. The number of piperazine rings is 1. The molecule has 0 amide bonds. The Balaban J connectivity index is 1.61. The first kappa shape index (κ1) is 23.9. The second-order valence-electron chi connectivity index (χ2n) is 8.49. The number of anilines is 2. The smallest absolute Gasteiger partial charge is 0.228 e. The molecule has 1 saturated heterocycles. The van der Waals surface area contributed by atoms with E-state index >= 15 is 0 Å². The van der Waals surface area contributed by atoms with E-state index in [9.17, 15) is 8.78 Å². The molecule has 0 radical (unpaired) electrons. The lowest BCUT2D eigenvalue weighted by atomic mass is 10.1. The number of nitrogen functional groups attached to an aromatic ring is 1. The third-order valence-electron chi connectivity index (χ3n) is 6.35. The minimum atomic E-state index is -0.996. The molecular weight excluding hydrogens is 468 g/mol. The van der Waals surface area contributed by atoms with Gasteiger partial charge in [-0.2, -0.15) is 4.98 Å². The van der Waals surface area contributed by atoms with Crippen molar-refractivity contribution < 1.29 is 18.3 Å². The minimum Gasteiger partial charge on any atom is -0.497 e. The molecule has 2 aromatic heterocycles. The molecule has 1 aliphatic rings. The predicted octanol–water partition coefficient (Wildman–Crippen LogP) is 3.12. The van der Waals surface area contributed by atoms with E-state index in [-0.39, 0.29) is 17.1 Å². The Hall–Kier alpha value is -3.83. The SMILES string of the molecule is COCCN1CCN(c2nc(-c3cccc(F)c3F)c3c(N)n(-c4ccc(OC)cc4)nc3n2)CC1. The molecule has 0 spiro atoms. The van der Waals surface area contributed by atoms with Crippen LogP contribution in [0.4, 0.5) is 20.5 Å². The molecule has 3 heterocycles. The number of ether oxygens (including phenoxy) is 2. The number of aromatic nitrogens is 4. The Morgan fingerprint density at radius 2 is 1.72 bits per heavy atom. The first-order valence-corrected chi connectivity index (χ1v) is 11.6. The molecule has 0 atom stereocenters. The fourth-order valence-electron chi connectivity index (χ4n) is 4.34. The zero-order valence-corrected chi connectivity index (χ0v) is 20.1. The predicted molar refractivity (Wildman–Crippen MR) is 134 cm³/mol. The van der Waals surface area contributed by atoms with Crippen LogP contribution in [0.5, 0.6) is 5.75 Å². The van der Waals surface area contributed by atoms with Gasteiger partial charge in [-0.1, -0.05) is 6.07 Å². The van der Waals surface area contributed by atoms with Crippen LogP contribution in [0.3, 0.4) is 0 Å². The van der Waals surface area contributed by atoms with E-state index in [1.807, 2.05) is 4.90 Å². The maximum atomic E-state index is 15.0. The largest absolute Gasteiger partial charge is 0.497 e. The van der Waals surface area contributed by atoms with Crippen molar-refractivity contribution in [2.45, 2.75) is 0 Å². The molecule has 11 heteroatoms. The van der Waals surface area contributed by atoms with Crippen LogP contribution in [-0.2, 0) is 4.74 Å². The average Bonchev–Trinajstić information content (AvgIpc) is 3.25. The summed E-state index contributed by atoms with van der Waals surface area (Å²) in [5.41, 5.74) is 7.68.